The van der Waals surface area contributed by atoms with Gasteiger partial charge in [0.2, 0.25) is 0 Å². The molecule has 2 aromatic heterocycles. The molecule has 0 unspecified atom stereocenters. The van der Waals surface area contributed by atoms with Gasteiger partial charge < -0.3 is 9.32 Å². The topological polar surface area (TPSA) is 16.4 Å². The Balaban J connectivity index is 1.19. The maximum atomic E-state index is 6.68. The van der Waals surface area contributed by atoms with Gasteiger partial charge in [-0.15, -0.1) is 11.3 Å². The number of hydrogen-bond acceptors (Lipinski definition) is 3. The number of nitrogens with zero attached hydrogens (tertiary/aromatic N) is 1. The van der Waals surface area contributed by atoms with Crippen LogP contribution >= 0.6 is 11.3 Å². The number of anilines is 3. The van der Waals surface area contributed by atoms with Crippen molar-refractivity contribution in [2.75, 3.05) is 4.90 Å². The van der Waals surface area contributed by atoms with E-state index in [-0.39, 0.29) is 0 Å². The molecule has 0 aliphatic rings. The lowest BCUT2D eigenvalue weighted by Gasteiger charge is -2.29. The largest absolute Gasteiger partial charge is 0.455 e. The molecule has 2 nitrogen and oxygen atoms in total. The molecule has 0 saturated heterocycles. The van der Waals surface area contributed by atoms with Crippen LogP contribution in [0.25, 0.3) is 85.9 Å². The Kier molecular flexibility index (Phi) is 6.76. The van der Waals surface area contributed by atoms with Crippen molar-refractivity contribution in [1.29, 1.82) is 0 Å². The summed E-state index contributed by atoms with van der Waals surface area (Å²) in [5.74, 6) is 0. The van der Waals surface area contributed by atoms with Gasteiger partial charge in [-0.3, -0.25) is 0 Å². The van der Waals surface area contributed by atoms with Gasteiger partial charge in [0, 0.05) is 47.6 Å². The Morgan fingerprint density at radius 1 is 0.396 bits per heavy atom. The molecule has 0 saturated carbocycles. The first-order chi connectivity index (χ1) is 26.3. The van der Waals surface area contributed by atoms with Gasteiger partial charge in [0.05, 0.1) is 11.4 Å². The van der Waals surface area contributed by atoms with Gasteiger partial charge in [-0.05, 0) is 87.4 Å². The molecule has 0 amide bonds. The second kappa shape index (κ2) is 11.9. The highest BCUT2D eigenvalue weighted by Crippen LogP contribution is 2.49. The highest BCUT2D eigenvalue weighted by Gasteiger charge is 2.23. The van der Waals surface area contributed by atoms with E-state index >= 15 is 0 Å². The molecule has 53 heavy (non-hydrogen) atoms. The third kappa shape index (κ3) is 4.78. The van der Waals surface area contributed by atoms with Crippen LogP contribution < -0.4 is 4.90 Å². The zero-order chi connectivity index (χ0) is 34.9. The van der Waals surface area contributed by atoms with E-state index in [2.05, 4.69) is 193 Å². The summed E-state index contributed by atoms with van der Waals surface area (Å²) < 4.78 is 9.23. The summed E-state index contributed by atoms with van der Waals surface area (Å²) in [5, 5.41) is 9.57. The van der Waals surface area contributed by atoms with E-state index in [0.29, 0.717) is 0 Å². The molecule has 0 aliphatic heterocycles. The van der Waals surface area contributed by atoms with Gasteiger partial charge >= 0.3 is 0 Å². The van der Waals surface area contributed by atoms with Crippen molar-refractivity contribution in [2.45, 2.75) is 0 Å². The van der Waals surface area contributed by atoms with E-state index in [1.165, 1.54) is 47.5 Å². The fourth-order valence-electron chi connectivity index (χ4n) is 8.22. The lowest BCUT2D eigenvalue weighted by atomic mass is 9.95. The SMILES string of the molecule is c1cc(-c2ccc3ccccc3c2)cc(N(c2ccccc2-c2cccc3oc4c5ccccc5ccc4c23)c2cccc3sc4ccccc4c23)c1. The standard InChI is InChI=1S/C50H31NOS/c1-2-14-34-30-36(27-26-32(34)12-1)35-15-9-16-37(31-35)51(44-22-11-25-47-49(44)41-19-6-8-24-46(41)53-47)43-21-7-5-18-39(43)40-20-10-23-45-48(40)42-29-28-33-13-3-4-17-38(33)50(42)52-45/h1-31H. The van der Waals surface area contributed by atoms with E-state index in [1.807, 2.05) is 11.3 Å². The maximum Gasteiger partial charge on any atom is 0.143 e. The second-order valence-corrected chi connectivity index (χ2v) is 14.7. The molecule has 0 spiro atoms. The summed E-state index contributed by atoms with van der Waals surface area (Å²) in [7, 11) is 0. The van der Waals surface area contributed by atoms with Gasteiger partial charge in [-0.2, -0.15) is 0 Å². The highest BCUT2D eigenvalue weighted by molar-refractivity contribution is 7.26. The molecule has 0 atom stereocenters. The van der Waals surface area contributed by atoms with Crippen LogP contribution in [-0.4, -0.2) is 0 Å². The molecular weight excluding hydrogens is 663 g/mol. The number of para-hydroxylation sites is 1. The smallest absolute Gasteiger partial charge is 0.143 e. The maximum absolute atomic E-state index is 6.68. The average Bonchev–Trinajstić information content (AvgIpc) is 3.81. The van der Waals surface area contributed by atoms with Crippen molar-refractivity contribution in [3.63, 3.8) is 0 Å². The van der Waals surface area contributed by atoms with Gasteiger partial charge in [0.15, 0.2) is 0 Å². The summed E-state index contributed by atoms with van der Waals surface area (Å²) >= 11 is 1.85. The van der Waals surface area contributed by atoms with Crippen molar-refractivity contribution in [3.05, 3.63) is 188 Å². The number of thiophene rings is 1. The summed E-state index contributed by atoms with van der Waals surface area (Å²) in [4.78, 5) is 2.47. The zero-order valence-electron chi connectivity index (χ0n) is 28.7. The van der Waals surface area contributed by atoms with Gasteiger partial charge in [-0.25, -0.2) is 0 Å². The Bertz CT molecular complexity index is 3200. The third-order valence-corrected chi connectivity index (χ3v) is 11.8. The predicted octanol–water partition coefficient (Wildman–Crippen LogP) is 15.1. The first-order valence-corrected chi connectivity index (χ1v) is 18.8. The molecule has 0 bridgehead atoms. The first-order valence-electron chi connectivity index (χ1n) is 18.0. The molecule has 0 radical (unpaired) electrons. The van der Waals surface area contributed by atoms with Crippen molar-refractivity contribution in [2.24, 2.45) is 0 Å². The lowest BCUT2D eigenvalue weighted by molar-refractivity contribution is 0.673. The number of hydrogen-bond donors (Lipinski definition) is 0. The average molecular weight is 694 g/mol. The number of rotatable bonds is 5. The number of benzene rings is 9. The lowest BCUT2D eigenvalue weighted by Crippen LogP contribution is -2.11. The van der Waals surface area contributed by atoms with Crippen molar-refractivity contribution in [3.8, 4) is 22.3 Å². The first kappa shape index (κ1) is 30.0. The quantitative estimate of drug-likeness (QED) is 0.178. The van der Waals surface area contributed by atoms with Crippen molar-refractivity contribution in [1.82, 2.24) is 0 Å². The van der Waals surface area contributed by atoms with Crippen LogP contribution in [0, 0.1) is 0 Å². The van der Waals surface area contributed by atoms with Crippen molar-refractivity contribution < 1.29 is 4.42 Å². The van der Waals surface area contributed by atoms with Crippen LogP contribution in [0.2, 0.25) is 0 Å². The van der Waals surface area contributed by atoms with Gasteiger partial charge in [-0.1, -0.05) is 133 Å². The van der Waals surface area contributed by atoms with E-state index < -0.39 is 0 Å². The summed E-state index contributed by atoms with van der Waals surface area (Å²) in [6.07, 6.45) is 0. The molecule has 11 rings (SSSR count). The predicted molar refractivity (Wildman–Crippen MR) is 227 cm³/mol. The van der Waals surface area contributed by atoms with Crippen LogP contribution in [0.1, 0.15) is 0 Å². The summed E-state index contributed by atoms with van der Waals surface area (Å²) in [6.45, 7) is 0. The van der Waals surface area contributed by atoms with Crippen LogP contribution in [0.15, 0.2) is 192 Å². The van der Waals surface area contributed by atoms with Crippen LogP contribution in [0.3, 0.4) is 0 Å². The zero-order valence-corrected chi connectivity index (χ0v) is 29.5. The molecule has 248 valence electrons. The molecule has 0 aliphatic carbocycles. The normalized spacial score (nSPS) is 11.8. The fourth-order valence-corrected chi connectivity index (χ4v) is 9.35. The minimum Gasteiger partial charge on any atom is -0.455 e. The van der Waals surface area contributed by atoms with E-state index in [1.54, 1.807) is 0 Å². The minimum atomic E-state index is 0.888. The number of fused-ring (bicyclic) bond motifs is 9. The second-order valence-electron chi connectivity index (χ2n) is 13.7. The summed E-state index contributed by atoms with van der Waals surface area (Å²) in [6, 6.07) is 68.1. The molecule has 2 heterocycles. The summed E-state index contributed by atoms with van der Waals surface area (Å²) in [5.41, 5.74) is 9.82. The monoisotopic (exact) mass is 693 g/mol. The highest BCUT2D eigenvalue weighted by atomic mass is 32.1. The Morgan fingerprint density at radius 3 is 2.02 bits per heavy atom. The molecule has 11 aromatic rings. The van der Waals surface area contributed by atoms with E-state index in [9.17, 15) is 0 Å². The van der Waals surface area contributed by atoms with Gasteiger partial charge in [0.25, 0.3) is 0 Å². The van der Waals surface area contributed by atoms with Gasteiger partial charge in [0.1, 0.15) is 11.2 Å². The van der Waals surface area contributed by atoms with Crippen LogP contribution in [0.4, 0.5) is 17.1 Å². The fraction of sp³-hybridized carbons (Fsp3) is 0. The van der Waals surface area contributed by atoms with Crippen LogP contribution in [-0.2, 0) is 0 Å². The Morgan fingerprint density at radius 2 is 1.08 bits per heavy atom. The number of furan rings is 1. The molecule has 0 N–H and O–H groups in total. The molecule has 3 heteroatoms. The van der Waals surface area contributed by atoms with E-state index in [0.717, 1.165) is 55.5 Å². The van der Waals surface area contributed by atoms with Crippen molar-refractivity contribution >= 4 is 92.1 Å². The third-order valence-electron chi connectivity index (χ3n) is 10.6. The molecular formula is C50H31NOS. The minimum absolute atomic E-state index is 0.888. The van der Waals surface area contributed by atoms with E-state index in [4.69, 9.17) is 4.42 Å². The Hall–Kier alpha value is -6.68. The Labute approximate surface area is 310 Å². The molecule has 9 aromatic carbocycles. The molecule has 0 fully saturated rings. The van der Waals surface area contributed by atoms with Crippen LogP contribution in [0.5, 0.6) is 0 Å².